The molecule has 0 bridgehead atoms. The van der Waals surface area contributed by atoms with E-state index in [2.05, 4.69) is 154 Å². The Balaban J connectivity index is 1.20. The second-order valence-electron chi connectivity index (χ2n) is 14.0. The fraction of sp³-hybridized carbons (Fsp3) is 0.0208. The first-order chi connectivity index (χ1) is 26.8. The summed E-state index contributed by atoms with van der Waals surface area (Å²) < 4.78 is 4.75. The lowest BCUT2D eigenvalue weighted by molar-refractivity contribution is 0.716. The summed E-state index contributed by atoms with van der Waals surface area (Å²) in [6.07, 6.45) is 3.91. The summed E-state index contributed by atoms with van der Waals surface area (Å²) in [5.41, 5.74) is 13.1. The highest BCUT2D eigenvalue weighted by Crippen LogP contribution is 2.62. The van der Waals surface area contributed by atoms with Gasteiger partial charge in [0.1, 0.15) is 0 Å². The highest BCUT2D eigenvalue weighted by molar-refractivity contribution is 7.99. The van der Waals surface area contributed by atoms with Gasteiger partial charge in [-0.2, -0.15) is 0 Å². The SMILES string of the molecule is [C-]#[N+]c1ccc2c(c1)c1ccccc1n2-c1cccc2c1Sc1ccccc1C21c2cccnc2-c2ncc(-n3c4ccccc4c4ccccc43)cc21. The zero-order valence-electron chi connectivity index (χ0n) is 28.7. The van der Waals surface area contributed by atoms with Crippen LogP contribution in [0.1, 0.15) is 22.3 Å². The van der Waals surface area contributed by atoms with Crippen molar-refractivity contribution in [2.75, 3.05) is 0 Å². The van der Waals surface area contributed by atoms with Crippen molar-refractivity contribution in [1.82, 2.24) is 19.1 Å². The Hall–Kier alpha value is -6.94. The van der Waals surface area contributed by atoms with Crippen molar-refractivity contribution >= 4 is 61.1 Å². The van der Waals surface area contributed by atoms with Crippen LogP contribution in [0.25, 0.3) is 71.2 Å². The molecule has 5 nitrogen and oxygen atoms in total. The molecule has 250 valence electrons. The molecule has 1 atom stereocenters. The molecule has 1 aliphatic heterocycles. The number of pyridine rings is 2. The van der Waals surface area contributed by atoms with E-state index in [1.165, 1.54) is 31.7 Å². The molecule has 5 heterocycles. The lowest BCUT2D eigenvalue weighted by Gasteiger charge is -2.40. The number of aromatic nitrogens is 4. The van der Waals surface area contributed by atoms with Gasteiger partial charge in [0.05, 0.1) is 63.0 Å². The van der Waals surface area contributed by atoms with E-state index in [0.717, 1.165) is 66.7 Å². The van der Waals surface area contributed by atoms with Crippen LogP contribution in [0, 0.1) is 6.57 Å². The van der Waals surface area contributed by atoms with Crippen LogP contribution in [0.5, 0.6) is 0 Å². The highest BCUT2D eigenvalue weighted by atomic mass is 32.2. The van der Waals surface area contributed by atoms with Crippen LogP contribution in [-0.2, 0) is 5.41 Å². The van der Waals surface area contributed by atoms with Crippen LogP contribution in [0.3, 0.4) is 0 Å². The second-order valence-corrected chi connectivity index (χ2v) is 15.1. The molecule has 6 heteroatoms. The van der Waals surface area contributed by atoms with Crippen molar-refractivity contribution in [2.24, 2.45) is 0 Å². The van der Waals surface area contributed by atoms with Gasteiger partial charge in [-0.15, -0.1) is 0 Å². The summed E-state index contributed by atoms with van der Waals surface area (Å²) in [5, 5.41) is 4.65. The van der Waals surface area contributed by atoms with Gasteiger partial charge < -0.3 is 9.13 Å². The molecular weight excluding hydrogens is 679 g/mol. The van der Waals surface area contributed by atoms with Crippen molar-refractivity contribution in [2.45, 2.75) is 15.2 Å². The van der Waals surface area contributed by atoms with Gasteiger partial charge in [0.25, 0.3) is 0 Å². The Labute approximate surface area is 314 Å². The number of nitrogens with zero attached hydrogens (tertiary/aromatic N) is 5. The summed E-state index contributed by atoms with van der Waals surface area (Å²) in [6, 6.07) is 54.2. The zero-order valence-corrected chi connectivity index (χ0v) is 29.5. The van der Waals surface area contributed by atoms with E-state index in [1.807, 2.05) is 36.3 Å². The molecule has 0 saturated carbocycles. The molecule has 6 aromatic carbocycles. The van der Waals surface area contributed by atoms with Crippen molar-refractivity contribution in [3.63, 3.8) is 0 Å². The topological polar surface area (TPSA) is 40.0 Å². The molecule has 54 heavy (non-hydrogen) atoms. The highest BCUT2D eigenvalue weighted by Gasteiger charge is 2.52. The molecule has 1 unspecified atom stereocenters. The summed E-state index contributed by atoms with van der Waals surface area (Å²) in [7, 11) is 0. The third kappa shape index (κ3) is 3.69. The van der Waals surface area contributed by atoms with Crippen LogP contribution < -0.4 is 0 Å². The van der Waals surface area contributed by atoms with E-state index >= 15 is 0 Å². The van der Waals surface area contributed by atoms with Crippen LogP contribution >= 0.6 is 11.8 Å². The van der Waals surface area contributed by atoms with E-state index in [0.29, 0.717) is 5.69 Å². The minimum Gasteiger partial charge on any atom is -0.308 e. The largest absolute Gasteiger partial charge is 0.308 e. The van der Waals surface area contributed by atoms with Gasteiger partial charge in [0.15, 0.2) is 5.69 Å². The van der Waals surface area contributed by atoms with E-state index in [4.69, 9.17) is 16.5 Å². The van der Waals surface area contributed by atoms with Crippen molar-refractivity contribution in [1.29, 1.82) is 0 Å². The number of benzene rings is 6. The predicted molar refractivity (Wildman–Crippen MR) is 218 cm³/mol. The molecule has 10 aromatic rings. The molecule has 4 aromatic heterocycles. The monoisotopic (exact) mass is 705 g/mol. The average molecular weight is 706 g/mol. The zero-order chi connectivity index (χ0) is 35.5. The van der Waals surface area contributed by atoms with Gasteiger partial charge in [-0.05, 0) is 76.7 Å². The maximum atomic E-state index is 7.75. The first kappa shape index (κ1) is 29.6. The Morgan fingerprint density at radius 1 is 0.519 bits per heavy atom. The van der Waals surface area contributed by atoms with E-state index in [-0.39, 0.29) is 0 Å². The fourth-order valence-electron chi connectivity index (χ4n) is 9.39. The number of hydrogen-bond acceptors (Lipinski definition) is 3. The average Bonchev–Trinajstić information content (AvgIpc) is 3.85. The molecule has 1 aliphatic carbocycles. The van der Waals surface area contributed by atoms with Gasteiger partial charge in [-0.3, -0.25) is 9.97 Å². The lowest BCUT2D eigenvalue weighted by atomic mass is 9.67. The Morgan fingerprint density at radius 2 is 1.15 bits per heavy atom. The predicted octanol–water partition coefficient (Wildman–Crippen LogP) is 12.0. The Morgan fingerprint density at radius 3 is 1.93 bits per heavy atom. The van der Waals surface area contributed by atoms with Crippen LogP contribution in [0.4, 0.5) is 5.69 Å². The molecular formula is C48H27N5S. The minimum atomic E-state index is -0.677. The molecule has 0 N–H and O–H groups in total. The molecule has 0 fully saturated rings. The van der Waals surface area contributed by atoms with E-state index in [1.54, 1.807) is 0 Å². The van der Waals surface area contributed by atoms with Gasteiger partial charge in [0, 0.05) is 37.7 Å². The number of rotatable bonds is 2. The summed E-state index contributed by atoms with van der Waals surface area (Å²) >= 11 is 1.83. The maximum Gasteiger partial charge on any atom is 0.188 e. The van der Waals surface area contributed by atoms with Crippen LogP contribution in [0.15, 0.2) is 174 Å². The van der Waals surface area contributed by atoms with Crippen molar-refractivity contribution in [3.8, 4) is 22.8 Å². The van der Waals surface area contributed by atoms with E-state index < -0.39 is 5.41 Å². The standard InChI is InChI=1S/C48H27N5S/c1-49-29-23-24-42-34(26-29)33-14-4-8-20-41(33)53(42)43-21-10-16-37-47(43)54-44-22-9-5-15-35(44)48(37)36-17-11-25-50-45(36)46-38(48)27-30(28-51-46)52-39-18-6-2-12-31(39)32-13-3-7-19-40(32)52/h2-28H. The first-order valence-electron chi connectivity index (χ1n) is 18.0. The molecule has 12 rings (SSSR count). The Kier molecular flexibility index (Phi) is 5.92. The number of para-hydroxylation sites is 3. The van der Waals surface area contributed by atoms with Crippen LogP contribution in [0.2, 0.25) is 0 Å². The van der Waals surface area contributed by atoms with Gasteiger partial charge in [-0.1, -0.05) is 109 Å². The normalized spacial score (nSPS) is 15.4. The van der Waals surface area contributed by atoms with Gasteiger partial charge in [-0.25, -0.2) is 4.85 Å². The number of fused-ring (bicyclic) bond motifs is 15. The quantitative estimate of drug-likeness (QED) is 0.168. The van der Waals surface area contributed by atoms with Gasteiger partial charge >= 0.3 is 0 Å². The second kappa shape index (κ2) is 10.8. The van der Waals surface area contributed by atoms with Crippen molar-refractivity contribution < 1.29 is 0 Å². The number of hydrogen-bond donors (Lipinski definition) is 0. The third-order valence-electron chi connectivity index (χ3n) is 11.5. The molecule has 2 aliphatic rings. The van der Waals surface area contributed by atoms with Gasteiger partial charge in [0.2, 0.25) is 0 Å². The molecule has 0 radical (unpaired) electrons. The molecule has 1 spiro atoms. The first-order valence-corrected chi connectivity index (χ1v) is 18.8. The van der Waals surface area contributed by atoms with E-state index in [9.17, 15) is 0 Å². The summed E-state index contributed by atoms with van der Waals surface area (Å²) in [5.74, 6) is 0. The smallest absolute Gasteiger partial charge is 0.188 e. The summed E-state index contributed by atoms with van der Waals surface area (Å²) in [6.45, 7) is 7.75. The molecule has 0 amide bonds. The maximum absolute atomic E-state index is 7.75. The molecule has 0 saturated heterocycles. The third-order valence-corrected chi connectivity index (χ3v) is 12.7. The Bertz CT molecular complexity index is 3240. The lowest BCUT2D eigenvalue weighted by Crippen LogP contribution is -2.32. The minimum absolute atomic E-state index is 0.640. The van der Waals surface area contributed by atoms with Crippen LogP contribution in [-0.4, -0.2) is 19.1 Å². The summed E-state index contributed by atoms with van der Waals surface area (Å²) in [4.78, 5) is 16.5. The van der Waals surface area contributed by atoms with Crippen molar-refractivity contribution in [3.05, 3.63) is 198 Å². The fourth-order valence-corrected chi connectivity index (χ4v) is 10.7.